The molecule has 1 aromatic rings. The van der Waals surface area contributed by atoms with Crippen molar-refractivity contribution in [3.63, 3.8) is 0 Å². The fourth-order valence-corrected chi connectivity index (χ4v) is 0.999. The molecule has 0 fully saturated rings. The molecule has 4 heteroatoms. The van der Waals surface area contributed by atoms with Crippen LogP contribution in [0, 0.1) is 0 Å². The summed E-state index contributed by atoms with van der Waals surface area (Å²) in [4.78, 5) is 13.2. The Bertz CT molecular complexity index is 251. The van der Waals surface area contributed by atoms with Gasteiger partial charge in [-0.3, -0.25) is 4.79 Å². The summed E-state index contributed by atoms with van der Waals surface area (Å²) in [6, 6.07) is 3.26. The lowest BCUT2D eigenvalue weighted by molar-refractivity contribution is 0.354. The second kappa shape index (κ2) is 4.27. The number of aromatic amines is 1. The minimum absolute atomic E-state index is 0.0762. The minimum Gasteiger partial charge on any atom is -0.358 e. The molecule has 1 aromatic heterocycles. The van der Waals surface area contributed by atoms with Crippen molar-refractivity contribution in [2.24, 2.45) is 0 Å². The molecule has 1 heterocycles. The molecule has 60 valence electrons. The summed E-state index contributed by atoms with van der Waals surface area (Å²) in [6.07, 6.45) is 1.67. The van der Waals surface area contributed by atoms with Gasteiger partial charge in [-0.05, 0) is 18.3 Å². The molecule has 0 aromatic carbocycles. The van der Waals surface area contributed by atoms with Crippen LogP contribution in [0.2, 0.25) is 0 Å². The van der Waals surface area contributed by atoms with Crippen molar-refractivity contribution >= 4 is 8.81 Å². The highest BCUT2D eigenvalue weighted by Crippen LogP contribution is 2.08. The van der Waals surface area contributed by atoms with Crippen molar-refractivity contribution in [1.82, 2.24) is 4.98 Å². The van der Waals surface area contributed by atoms with Crippen molar-refractivity contribution in [2.75, 3.05) is 6.66 Å². The van der Waals surface area contributed by atoms with E-state index in [-0.39, 0.29) is 5.56 Å². The van der Waals surface area contributed by atoms with Crippen LogP contribution >= 0.6 is 8.81 Å². The number of hydrogen-bond donors (Lipinski definition) is 1. The average molecular weight is 171 g/mol. The van der Waals surface area contributed by atoms with Crippen LogP contribution in [-0.4, -0.2) is 11.6 Å². The standard InChI is InChI=1S/C7H10NO2P/c1-11-10-5-6-2-3-7(9)8-4-6/h2-4,11H,5H2,1H3,(H,8,9). The normalized spacial score (nSPS) is 11.0. The van der Waals surface area contributed by atoms with E-state index < -0.39 is 0 Å². The summed E-state index contributed by atoms with van der Waals surface area (Å²) in [5.41, 5.74) is 0.923. The molecule has 1 rings (SSSR count). The van der Waals surface area contributed by atoms with E-state index >= 15 is 0 Å². The van der Waals surface area contributed by atoms with Gasteiger partial charge in [0, 0.05) is 21.1 Å². The van der Waals surface area contributed by atoms with Gasteiger partial charge in [0.15, 0.2) is 0 Å². The largest absolute Gasteiger partial charge is 0.358 e. The maximum atomic E-state index is 10.6. The number of H-pyrrole nitrogens is 1. The SMILES string of the molecule is CPOCc1ccc(=O)[nH]c1. The first-order chi connectivity index (χ1) is 5.33. The first-order valence-electron chi connectivity index (χ1n) is 3.29. The molecule has 0 amide bonds. The first-order valence-corrected chi connectivity index (χ1v) is 4.70. The summed E-state index contributed by atoms with van der Waals surface area (Å²) in [5.74, 6) is 0. The van der Waals surface area contributed by atoms with Gasteiger partial charge in [-0.2, -0.15) is 0 Å². The highest BCUT2D eigenvalue weighted by Gasteiger charge is 1.90. The lowest BCUT2D eigenvalue weighted by atomic mass is 10.3. The van der Waals surface area contributed by atoms with Crippen LogP contribution in [0.25, 0.3) is 0 Å². The van der Waals surface area contributed by atoms with Crippen LogP contribution in [0.4, 0.5) is 0 Å². The predicted octanol–water partition coefficient (Wildman–Crippen LogP) is 1.11. The molecular formula is C7H10NO2P. The summed E-state index contributed by atoms with van der Waals surface area (Å²) >= 11 is 0. The van der Waals surface area contributed by atoms with Gasteiger partial charge in [0.25, 0.3) is 0 Å². The topological polar surface area (TPSA) is 42.1 Å². The molecule has 0 aliphatic rings. The summed E-state index contributed by atoms with van der Waals surface area (Å²) in [6.45, 7) is 2.54. The van der Waals surface area contributed by atoms with Gasteiger partial charge < -0.3 is 9.51 Å². The molecule has 11 heavy (non-hydrogen) atoms. The van der Waals surface area contributed by atoms with Crippen molar-refractivity contribution in [3.05, 3.63) is 34.2 Å². The number of pyridine rings is 1. The zero-order chi connectivity index (χ0) is 8.10. The van der Waals surface area contributed by atoms with Crippen molar-refractivity contribution in [3.8, 4) is 0 Å². The smallest absolute Gasteiger partial charge is 0.247 e. The number of aromatic nitrogens is 1. The van der Waals surface area contributed by atoms with Crippen molar-refractivity contribution < 1.29 is 4.52 Å². The quantitative estimate of drug-likeness (QED) is 0.692. The number of hydrogen-bond acceptors (Lipinski definition) is 2. The van der Waals surface area contributed by atoms with Crippen LogP contribution in [0.1, 0.15) is 5.56 Å². The second-order valence-corrected chi connectivity index (χ2v) is 2.75. The molecule has 0 aliphatic carbocycles. The average Bonchev–Trinajstić information content (AvgIpc) is 2.04. The second-order valence-electron chi connectivity index (χ2n) is 2.05. The van der Waals surface area contributed by atoms with Gasteiger partial charge >= 0.3 is 0 Å². The Balaban J connectivity index is 2.59. The molecule has 0 bridgehead atoms. The number of rotatable bonds is 3. The zero-order valence-electron chi connectivity index (χ0n) is 6.26. The van der Waals surface area contributed by atoms with E-state index in [9.17, 15) is 4.79 Å². The third-order valence-electron chi connectivity index (χ3n) is 1.23. The Morgan fingerprint density at radius 2 is 2.45 bits per heavy atom. The highest BCUT2D eigenvalue weighted by atomic mass is 31.1. The molecule has 0 saturated carbocycles. The molecule has 1 unspecified atom stereocenters. The Labute approximate surface area is 66.7 Å². The monoisotopic (exact) mass is 171 g/mol. The van der Waals surface area contributed by atoms with Crippen LogP contribution < -0.4 is 5.56 Å². The summed E-state index contributed by atoms with van der Waals surface area (Å²) in [5, 5.41) is 0. The van der Waals surface area contributed by atoms with Gasteiger partial charge in [0.2, 0.25) is 5.56 Å². The number of nitrogens with one attached hydrogen (secondary N) is 1. The highest BCUT2D eigenvalue weighted by molar-refractivity contribution is 7.31. The van der Waals surface area contributed by atoms with Crippen molar-refractivity contribution in [2.45, 2.75) is 6.61 Å². The fraction of sp³-hybridized carbons (Fsp3) is 0.286. The van der Waals surface area contributed by atoms with Crippen molar-refractivity contribution in [1.29, 1.82) is 0 Å². The van der Waals surface area contributed by atoms with Gasteiger partial charge in [0.1, 0.15) is 0 Å². The molecule has 3 nitrogen and oxygen atoms in total. The van der Waals surface area contributed by atoms with Gasteiger partial charge in [-0.25, -0.2) is 0 Å². The molecule has 0 radical (unpaired) electrons. The third-order valence-corrected chi connectivity index (χ3v) is 1.66. The van der Waals surface area contributed by atoms with Crippen LogP contribution in [0.3, 0.4) is 0 Å². The maximum absolute atomic E-state index is 10.6. The lowest BCUT2D eigenvalue weighted by Crippen LogP contribution is -2.02. The Morgan fingerprint density at radius 3 is 3.00 bits per heavy atom. The zero-order valence-corrected chi connectivity index (χ0v) is 7.26. The molecule has 1 N–H and O–H groups in total. The lowest BCUT2D eigenvalue weighted by Gasteiger charge is -1.98. The molecule has 1 atom stereocenters. The minimum atomic E-state index is -0.0762. The van der Waals surface area contributed by atoms with E-state index in [2.05, 4.69) is 4.98 Å². The Hall–Kier alpha value is -0.660. The van der Waals surface area contributed by atoms with Gasteiger partial charge in [-0.1, -0.05) is 0 Å². The van der Waals surface area contributed by atoms with Gasteiger partial charge in [-0.15, -0.1) is 0 Å². The molecule has 0 saturated heterocycles. The predicted molar refractivity (Wildman–Crippen MR) is 46.1 cm³/mol. The van der Waals surface area contributed by atoms with E-state index in [1.54, 1.807) is 12.3 Å². The van der Waals surface area contributed by atoms with Crippen LogP contribution in [0.5, 0.6) is 0 Å². The van der Waals surface area contributed by atoms with E-state index in [0.29, 0.717) is 15.4 Å². The van der Waals surface area contributed by atoms with E-state index in [1.165, 1.54) is 6.07 Å². The molecule has 0 spiro atoms. The van der Waals surface area contributed by atoms with E-state index in [4.69, 9.17) is 4.52 Å². The summed E-state index contributed by atoms with van der Waals surface area (Å²) in [7, 11) is 0.489. The van der Waals surface area contributed by atoms with Gasteiger partial charge in [0.05, 0.1) is 6.61 Å². The third kappa shape index (κ3) is 2.83. The first kappa shape index (κ1) is 8.44. The van der Waals surface area contributed by atoms with Crippen LogP contribution in [0.15, 0.2) is 23.1 Å². The molecular weight excluding hydrogens is 161 g/mol. The Morgan fingerprint density at radius 1 is 1.64 bits per heavy atom. The Kier molecular flexibility index (Phi) is 3.27. The molecule has 0 aliphatic heterocycles. The van der Waals surface area contributed by atoms with Crippen LogP contribution in [-0.2, 0) is 11.1 Å². The maximum Gasteiger partial charge on any atom is 0.247 e. The van der Waals surface area contributed by atoms with E-state index in [1.807, 2.05) is 6.66 Å². The van der Waals surface area contributed by atoms with E-state index in [0.717, 1.165) is 5.56 Å². The fourth-order valence-electron chi connectivity index (χ4n) is 0.688. The summed E-state index contributed by atoms with van der Waals surface area (Å²) < 4.78 is 5.17.